The van der Waals surface area contributed by atoms with Crippen LogP contribution in [0.15, 0.2) is 48.5 Å². The number of hydrogen-bond acceptors (Lipinski definition) is 3. The minimum Gasteiger partial charge on any atom is -0.481 e. The average Bonchev–Trinajstić information content (AvgIpc) is 2.65. The van der Waals surface area contributed by atoms with E-state index in [1.54, 1.807) is 31.2 Å². The van der Waals surface area contributed by atoms with E-state index in [-0.39, 0.29) is 12.1 Å². The molecule has 1 atom stereocenters. The lowest BCUT2D eigenvalue weighted by Gasteiger charge is -2.13. The summed E-state index contributed by atoms with van der Waals surface area (Å²) in [4.78, 5) is 12.0. The normalized spacial score (nSPS) is 11.5. The van der Waals surface area contributed by atoms with Crippen LogP contribution in [0.2, 0.25) is 0 Å². The van der Waals surface area contributed by atoms with E-state index in [9.17, 15) is 18.0 Å². The SMILES string of the molecule is CC(Oc1ccc(C#N)cc1)C(=O)NCC#Cc1cccc(C(F)(F)F)c1. The lowest BCUT2D eigenvalue weighted by Crippen LogP contribution is -2.36. The van der Waals surface area contributed by atoms with Gasteiger partial charge < -0.3 is 10.1 Å². The van der Waals surface area contributed by atoms with E-state index in [0.29, 0.717) is 11.3 Å². The lowest BCUT2D eigenvalue weighted by atomic mass is 10.1. The molecule has 0 spiro atoms. The fourth-order valence-electron chi connectivity index (χ4n) is 2.06. The fourth-order valence-corrected chi connectivity index (χ4v) is 2.06. The molecule has 2 aromatic rings. The van der Waals surface area contributed by atoms with Crippen LogP contribution in [0.4, 0.5) is 13.2 Å². The van der Waals surface area contributed by atoms with Crippen molar-refractivity contribution in [2.45, 2.75) is 19.2 Å². The summed E-state index contributed by atoms with van der Waals surface area (Å²) in [6.07, 6.45) is -5.22. The van der Waals surface area contributed by atoms with Crippen LogP contribution in [0, 0.1) is 23.2 Å². The van der Waals surface area contributed by atoms with Gasteiger partial charge in [-0.3, -0.25) is 4.79 Å². The van der Waals surface area contributed by atoms with Gasteiger partial charge in [0.1, 0.15) is 5.75 Å². The van der Waals surface area contributed by atoms with E-state index in [1.807, 2.05) is 6.07 Å². The number of carbonyl (C=O) groups excluding carboxylic acids is 1. The molecule has 7 heteroatoms. The Balaban J connectivity index is 1.87. The third kappa shape index (κ3) is 6.09. The Labute approximate surface area is 154 Å². The van der Waals surface area contributed by atoms with Crippen LogP contribution >= 0.6 is 0 Å². The molecule has 27 heavy (non-hydrogen) atoms. The highest BCUT2D eigenvalue weighted by Crippen LogP contribution is 2.29. The number of rotatable bonds is 4. The van der Waals surface area contributed by atoms with Crippen LogP contribution in [0.5, 0.6) is 5.75 Å². The van der Waals surface area contributed by atoms with E-state index in [1.165, 1.54) is 12.1 Å². The fraction of sp³-hybridized carbons (Fsp3) is 0.200. The zero-order valence-electron chi connectivity index (χ0n) is 14.3. The topological polar surface area (TPSA) is 62.1 Å². The zero-order valence-corrected chi connectivity index (χ0v) is 14.3. The first kappa shape index (κ1) is 19.9. The van der Waals surface area contributed by atoms with Gasteiger partial charge in [-0.1, -0.05) is 17.9 Å². The van der Waals surface area contributed by atoms with Crippen molar-refractivity contribution in [3.05, 3.63) is 65.2 Å². The first-order chi connectivity index (χ1) is 12.8. The summed E-state index contributed by atoms with van der Waals surface area (Å²) in [6.45, 7) is 1.52. The van der Waals surface area contributed by atoms with Crippen molar-refractivity contribution in [2.24, 2.45) is 0 Å². The van der Waals surface area contributed by atoms with Crippen molar-refractivity contribution in [1.29, 1.82) is 5.26 Å². The van der Waals surface area contributed by atoms with E-state index in [4.69, 9.17) is 10.00 Å². The molecule has 0 saturated carbocycles. The number of benzene rings is 2. The molecule has 4 nitrogen and oxygen atoms in total. The molecule has 0 heterocycles. The van der Waals surface area contributed by atoms with Crippen molar-refractivity contribution in [3.8, 4) is 23.7 Å². The third-order valence-corrected chi connectivity index (χ3v) is 3.44. The van der Waals surface area contributed by atoms with Gasteiger partial charge in [-0.2, -0.15) is 18.4 Å². The highest BCUT2D eigenvalue weighted by atomic mass is 19.4. The number of hydrogen-bond donors (Lipinski definition) is 1. The summed E-state index contributed by atoms with van der Waals surface area (Å²) < 4.78 is 43.4. The van der Waals surface area contributed by atoms with Gasteiger partial charge in [0.25, 0.3) is 5.91 Å². The summed E-state index contributed by atoms with van der Waals surface area (Å²) in [6, 6.07) is 12.9. The molecule has 0 bridgehead atoms. The van der Waals surface area contributed by atoms with Crippen molar-refractivity contribution >= 4 is 5.91 Å². The van der Waals surface area contributed by atoms with Crippen LogP contribution in [-0.2, 0) is 11.0 Å². The van der Waals surface area contributed by atoms with Crippen LogP contribution in [0.3, 0.4) is 0 Å². The van der Waals surface area contributed by atoms with Crippen molar-refractivity contribution in [1.82, 2.24) is 5.32 Å². The van der Waals surface area contributed by atoms with Gasteiger partial charge in [-0.25, -0.2) is 0 Å². The molecule has 0 aromatic heterocycles. The first-order valence-electron chi connectivity index (χ1n) is 7.90. The number of ether oxygens (including phenoxy) is 1. The zero-order chi connectivity index (χ0) is 19.9. The minimum absolute atomic E-state index is 0.0316. The van der Waals surface area contributed by atoms with Crippen LogP contribution in [-0.4, -0.2) is 18.6 Å². The summed E-state index contributed by atoms with van der Waals surface area (Å²) in [5.74, 6) is 5.20. The molecule has 0 fully saturated rings. The van der Waals surface area contributed by atoms with E-state index >= 15 is 0 Å². The number of nitriles is 1. The molecule has 0 aliphatic rings. The van der Waals surface area contributed by atoms with Gasteiger partial charge in [0.05, 0.1) is 23.7 Å². The van der Waals surface area contributed by atoms with Gasteiger partial charge >= 0.3 is 6.18 Å². The van der Waals surface area contributed by atoms with E-state index in [2.05, 4.69) is 17.2 Å². The molecule has 1 unspecified atom stereocenters. The minimum atomic E-state index is -4.43. The Hall–Kier alpha value is -3.45. The predicted molar refractivity (Wildman–Crippen MR) is 92.6 cm³/mol. The van der Waals surface area contributed by atoms with Gasteiger partial charge in [0.15, 0.2) is 6.10 Å². The number of amides is 1. The molecule has 0 aliphatic carbocycles. The molecular formula is C20H15F3N2O2. The Morgan fingerprint density at radius 1 is 1.19 bits per heavy atom. The predicted octanol–water partition coefficient (Wildman–Crippen LogP) is 3.51. The monoisotopic (exact) mass is 372 g/mol. The Morgan fingerprint density at radius 2 is 1.89 bits per heavy atom. The number of nitrogens with one attached hydrogen (secondary N) is 1. The van der Waals surface area contributed by atoms with Gasteiger partial charge in [-0.15, -0.1) is 0 Å². The molecule has 2 aromatic carbocycles. The summed E-state index contributed by atoms with van der Waals surface area (Å²) >= 11 is 0. The van der Waals surface area contributed by atoms with Crippen LogP contribution in [0.1, 0.15) is 23.6 Å². The van der Waals surface area contributed by atoms with Crippen LogP contribution in [0.25, 0.3) is 0 Å². The summed E-state index contributed by atoms with van der Waals surface area (Å²) in [5.41, 5.74) is -0.0898. The molecular weight excluding hydrogens is 357 g/mol. The molecule has 0 saturated heterocycles. The van der Waals surface area contributed by atoms with Crippen molar-refractivity contribution < 1.29 is 22.7 Å². The molecule has 2 rings (SSSR count). The quantitative estimate of drug-likeness (QED) is 0.836. The second-order valence-corrected chi connectivity index (χ2v) is 5.49. The molecule has 1 N–H and O–H groups in total. The Kier molecular flexibility index (Phi) is 6.46. The van der Waals surface area contributed by atoms with Gasteiger partial charge in [0, 0.05) is 5.56 Å². The van der Waals surface area contributed by atoms with E-state index in [0.717, 1.165) is 12.1 Å². The van der Waals surface area contributed by atoms with Crippen LogP contribution < -0.4 is 10.1 Å². The van der Waals surface area contributed by atoms with Gasteiger partial charge in [-0.05, 0) is 49.4 Å². The second kappa shape index (κ2) is 8.77. The van der Waals surface area contributed by atoms with Gasteiger partial charge in [0.2, 0.25) is 0 Å². The maximum atomic E-state index is 12.6. The average molecular weight is 372 g/mol. The lowest BCUT2D eigenvalue weighted by molar-refractivity contribution is -0.137. The third-order valence-electron chi connectivity index (χ3n) is 3.44. The first-order valence-corrected chi connectivity index (χ1v) is 7.90. The Morgan fingerprint density at radius 3 is 2.52 bits per heavy atom. The molecule has 0 radical (unpaired) electrons. The highest BCUT2D eigenvalue weighted by Gasteiger charge is 2.30. The highest BCUT2D eigenvalue weighted by molar-refractivity contribution is 5.80. The maximum Gasteiger partial charge on any atom is 0.416 e. The maximum absolute atomic E-state index is 12.6. The summed E-state index contributed by atoms with van der Waals surface area (Å²) in [7, 11) is 0. The van der Waals surface area contributed by atoms with E-state index < -0.39 is 23.8 Å². The molecule has 0 aliphatic heterocycles. The molecule has 138 valence electrons. The number of halogens is 3. The van der Waals surface area contributed by atoms with Crippen molar-refractivity contribution in [2.75, 3.05) is 6.54 Å². The summed E-state index contributed by atoms with van der Waals surface area (Å²) in [5, 5.41) is 11.3. The number of carbonyl (C=O) groups is 1. The van der Waals surface area contributed by atoms with Crippen molar-refractivity contribution in [3.63, 3.8) is 0 Å². The number of alkyl halides is 3. The second-order valence-electron chi connectivity index (χ2n) is 5.49. The largest absolute Gasteiger partial charge is 0.481 e. The standard InChI is InChI=1S/C20H15F3N2O2/c1-14(27-18-9-7-16(13-24)8-10-18)19(26)25-11-3-5-15-4-2-6-17(12-15)20(21,22)23/h2,4,6-10,12,14H,11H2,1H3,(H,25,26). The Bertz CT molecular complexity index is 904. The number of nitrogens with zero attached hydrogens (tertiary/aromatic N) is 1. The smallest absolute Gasteiger partial charge is 0.416 e. The molecule has 1 amide bonds.